The van der Waals surface area contributed by atoms with Crippen LogP contribution in [0.4, 0.5) is 4.79 Å². The van der Waals surface area contributed by atoms with Crippen molar-refractivity contribution in [2.24, 2.45) is 5.92 Å². The molecule has 0 radical (unpaired) electrons. The summed E-state index contributed by atoms with van der Waals surface area (Å²) < 4.78 is 13.2. The molecule has 0 saturated carbocycles. The summed E-state index contributed by atoms with van der Waals surface area (Å²) in [7, 11) is 2.22. The minimum absolute atomic E-state index is 0.187. The Balaban J connectivity index is 1.74. The molecule has 0 aromatic heterocycles. The number of rotatable bonds is 5. The number of likely N-dealkylation sites (tertiary alicyclic amines) is 1. The van der Waals surface area contributed by atoms with E-state index in [9.17, 15) is 4.79 Å². The van der Waals surface area contributed by atoms with Gasteiger partial charge in [-0.1, -0.05) is 43.6 Å². The zero-order valence-electron chi connectivity index (χ0n) is 19.7. The van der Waals surface area contributed by atoms with Crippen molar-refractivity contribution in [2.75, 3.05) is 33.2 Å². The Morgan fingerprint density at radius 3 is 2.38 bits per heavy atom. The third-order valence-electron chi connectivity index (χ3n) is 7.05. The topological polar surface area (TPSA) is 38.8 Å². The third-order valence-corrected chi connectivity index (χ3v) is 7.29. The normalized spacial score (nSPS) is 24.6. The van der Waals surface area contributed by atoms with E-state index in [0.717, 1.165) is 30.2 Å². The molecule has 1 saturated heterocycles. The first kappa shape index (κ1) is 22.9. The molecule has 1 fully saturated rings. The smallest absolute Gasteiger partial charge is 0.414 e. The predicted molar refractivity (Wildman–Crippen MR) is 127 cm³/mol. The average Bonchev–Trinajstić information content (AvgIpc) is 3.06. The van der Waals surface area contributed by atoms with Crippen LogP contribution in [0.2, 0.25) is 5.02 Å². The zero-order valence-corrected chi connectivity index (χ0v) is 20.4. The number of nitrogens with zero attached hydrogens (tertiary/aromatic N) is 2. The van der Waals surface area contributed by atoms with Crippen LogP contribution in [0.3, 0.4) is 0 Å². The van der Waals surface area contributed by atoms with Crippen LogP contribution < -0.4 is 4.74 Å². The van der Waals surface area contributed by atoms with Crippen LogP contribution in [0.5, 0.6) is 11.5 Å². The second-order valence-corrected chi connectivity index (χ2v) is 10.0. The number of halogens is 1. The molecule has 4 unspecified atom stereocenters. The van der Waals surface area contributed by atoms with Gasteiger partial charge < -0.3 is 14.4 Å². The Hall–Kier alpha value is -2.24. The fourth-order valence-electron chi connectivity index (χ4n) is 5.61. The van der Waals surface area contributed by atoms with Gasteiger partial charge in [-0.05, 0) is 38.1 Å². The molecule has 0 N–H and O–H groups in total. The highest BCUT2D eigenvalue weighted by Crippen LogP contribution is 2.52. The summed E-state index contributed by atoms with van der Waals surface area (Å²) in [5.74, 6) is 2.43. The number of ether oxygens (including phenoxy) is 2. The number of likely N-dealkylation sites (N-methyl/N-ethyl adjacent to an activating group) is 1. The summed E-state index contributed by atoms with van der Waals surface area (Å²) in [6.07, 6.45) is -0.460. The predicted octanol–water partition coefficient (Wildman–Crippen LogP) is 6.23. The molecule has 4 atom stereocenters. The largest absolute Gasteiger partial charge is 0.457 e. The molecule has 2 aliphatic heterocycles. The van der Waals surface area contributed by atoms with Crippen molar-refractivity contribution >= 4 is 17.7 Å². The molecule has 2 aliphatic rings. The molecule has 32 heavy (non-hydrogen) atoms. The van der Waals surface area contributed by atoms with Gasteiger partial charge >= 0.3 is 6.09 Å². The monoisotopic (exact) mass is 457 g/mol. The van der Waals surface area contributed by atoms with Gasteiger partial charge in [0.2, 0.25) is 6.23 Å². The highest BCUT2D eigenvalue weighted by molar-refractivity contribution is 6.30. The number of quaternary nitrogens is 1. The van der Waals surface area contributed by atoms with Crippen LogP contribution in [0.1, 0.15) is 50.7 Å². The van der Waals surface area contributed by atoms with Crippen molar-refractivity contribution in [1.82, 2.24) is 4.90 Å². The van der Waals surface area contributed by atoms with E-state index in [0.29, 0.717) is 22.6 Å². The summed E-state index contributed by atoms with van der Waals surface area (Å²) in [6, 6.07) is 14.2. The maximum Gasteiger partial charge on any atom is 0.414 e. The van der Waals surface area contributed by atoms with Gasteiger partial charge in [-0.3, -0.25) is 4.48 Å². The number of carbonyl (C=O) groups excluding carboxylic acids is 1. The number of benzene rings is 2. The molecular formula is C26H34ClN2O3+. The molecule has 2 heterocycles. The molecular weight excluding hydrogens is 424 g/mol. The van der Waals surface area contributed by atoms with E-state index in [1.54, 1.807) is 4.90 Å². The summed E-state index contributed by atoms with van der Waals surface area (Å²) >= 11 is 6.42. The molecule has 4 rings (SSSR count). The fraction of sp³-hybridized carbons (Fsp3) is 0.500. The quantitative estimate of drug-likeness (QED) is 0.499. The van der Waals surface area contributed by atoms with Gasteiger partial charge in [-0.2, -0.15) is 0 Å². The Labute approximate surface area is 196 Å². The first-order valence-corrected chi connectivity index (χ1v) is 12.0. The van der Waals surface area contributed by atoms with Crippen molar-refractivity contribution in [3.05, 3.63) is 58.6 Å². The number of amides is 1. The number of fused-ring (bicyclic) bond motifs is 5. The van der Waals surface area contributed by atoms with E-state index in [1.807, 2.05) is 44.2 Å². The lowest BCUT2D eigenvalue weighted by molar-refractivity contribution is -0.946. The van der Waals surface area contributed by atoms with E-state index in [1.165, 1.54) is 5.56 Å². The molecule has 1 amide bonds. The van der Waals surface area contributed by atoms with Crippen LogP contribution >= 0.6 is 11.6 Å². The van der Waals surface area contributed by atoms with Gasteiger partial charge in [0.05, 0.1) is 20.1 Å². The summed E-state index contributed by atoms with van der Waals surface area (Å²) in [5, 5.41) is 0.714. The van der Waals surface area contributed by atoms with Crippen molar-refractivity contribution in [3.8, 4) is 11.5 Å². The molecule has 0 aliphatic carbocycles. The number of hydrogen-bond acceptors (Lipinski definition) is 3. The van der Waals surface area contributed by atoms with Crippen molar-refractivity contribution in [1.29, 1.82) is 0 Å². The maximum absolute atomic E-state index is 12.9. The van der Waals surface area contributed by atoms with Gasteiger partial charge in [0, 0.05) is 47.0 Å². The lowest BCUT2D eigenvalue weighted by Gasteiger charge is -2.40. The van der Waals surface area contributed by atoms with Crippen LogP contribution in [0.25, 0.3) is 0 Å². The Bertz CT molecular complexity index is 991. The summed E-state index contributed by atoms with van der Waals surface area (Å²) in [5.41, 5.74) is 2.35. The van der Waals surface area contributed by atoms with E-state index < -0.39 is 0 Å². The average molecular weight is 458 g/mol. The molecule has 2 aromatic carbocycles. The second-order valence-electron chi connectivity index (χ2n) is 9.57. The van der Waals surface area contributed by atoms with E-state index in [2.05, 4.69) is 33.0 Å². The first-order valence-electron chi connectivity index (χ1n) is 11.6. The molecule has 6 heteroatoms. The molecule has 5 nitrogen and oxygen atoms in total. The number of carbonyl (C=O) groups is 1. The van der Waals surface area contributed by atoms with Gasteiger partial charge in [-0.25, -0.2) is 4.79 Å². The second kappa shape index (κ2) is 8.95. The molecule has 2 aromatic rings. The van der Waals surface area contributed by atoms with Gasteiger partial charge in [-0.15, -0.1) is 0 Å². The van der Waals surface area contributed by atoms with Crippen LogP contribution in [-0.2, 0) is 4.74 Å². The van der Waals surface area contributed by atoms with Crippen molar-refractivity contribution in [2.45, 2.75) is 45.8 Å². The van der Waals surface area contributed by atoms with E-state index in [4.69, 9.17) is 21.1 Å². The van der Waals surface area contributed by atoms with E-state index in [-0.39, 0.29) is 30.1 Å². The summed E-state index contributed by atoms with van der Waals surface area (Å²) in [6.45, 7) is 11.3. The highest BCUT2D eigenvalue weighted by Gasteiger charge is 2.52. The zero-order chi connectivity index (χ0) is 23.0. The van der Waals surface area contributed by atoms with Gasteiger partial charge in [0.25, 0.3) is 0 Å². The number of para-hydroxylation sites is 1. The Morgan fingerprint density at radius 1 is 1.09 bits per heavy atom. The highest BCUT2D eigenvalue weighted by atomic mass is 35.5. The molecule has 172 valence electrons. The lowest BCUT2D eigenvalue weighted by Crippen LogP contribution is -2.56. The van der Waals surface area contributed by atoms with Crippen LogP contribution in [0.15, 0.2) is 42.5 Å². The van der Waals surface area contributed by atoms with Crippen molar-refractivity contribution in [3.63, 3.8) is 0 Å². The molecule has 0 bridgehead atoms. The number of hydrogen-bond donors (Lipinski definition) is 0. The van der Waals surface area contributed by atoms with Gasteiger partial charge in [0.15, 0.2) is 0 Å². The van der Waals surface area contributed by atoms with Crippen LogP contribution in [-0.4, -0.2) is 54.9 Å². The SMILES string of the molecule is CCN(CC)C(=O)OC(C(C)C)[N+]1(C)CC2c3ccccc3Oc3ccc(Cl)cc3C2C1. The minimum atomic E-state index is -0.231. The van der Waals surface area contributed by atoms with Crippen LogP contribution in [0, 0.1) is 5.92 Å². The minimum Gasteiger partial charge on any atom is -0.457 e. The maximum atomic E-state index is 12.9. The molecule has 0 spiro atoms. The standard InChI is InChI=1S/C26H34ClN2O3/c1-6-28(7-2)26(30)32-25(17(3)4)29(5)15-21-19-10-8-9-11-23(19)31-24-13-12-18(27)14-20(24)22(21)16-29/h8-14,17,21-22,25H,6-7,15-16H2,1-5H3/q+1. The van der Waals surface area contributed by atoms with E-state index >= 15 is 0 Å². The first-order chi connectivity index (χ1) is 15.3. The third kappa shape index (κ3) is 4.08. The van der Waals surface area contributed by atoms with Gasteiger partial charge in [0.1, 0.15) is 11.5 Å². The van der Waals surface area contributed by atoms with Crippen molar-refractivity contribution < 1.29 is 18.8 Å². The lowest BCUT2D eigenvalue weighted by atomic mass is 9.84. The Kier molecular flexibility index (Phi) is 6.42. The Morgan fingerprint density at radius 2 is 1.72 bits per heavy atom. The fourth-order valence-corrected chi connectivity index (χ4v) is 5.79. The summed E-state index contributed by atoms with van der Waals surface area (Å²) in [4.78, 5) is 14.6.